The monoisotopic (exact) mass is 309 g/mol. The summed E-state index contributed by atoms with van der Waals surface area (Å²) in [5, 5.41) is 2.90. The van der Waals surface area contributed by atoms with Gasteiger partial charge in [0.2, 0.25) is 5.91 Å². The third kappa shape index (κ3) is 5.06. The Labute approximate surface area is 137 Å². The molecule has 1 amide bonds. The van der Waals surface area contributed by atoms with Crippen molar-refractivity contribution in [3.63, 3.8) is 0 Å². The molecule has 0 aromatic heterocycles. The zero-order valence-electron chi connectivity index (χ0n) is 13.5. The van der Waals surface area contributed by atoms with Crippen LogP contribution in [0.15, 0.2) is 60.7 Å². The minimum absolute atomic E-state index is 0.0930. The first-order valence-corrected chi connectivity index (χ1v) is 8.13. The lowest BCUT2D eigenvalue weighted by atomic mass is 9.92. The van der Waals surface area contributed by atoms with E-state index in [0.717, 1.165) is 18.4 Å². The standard InChI is InChI=1S/C20H23NO2/c1-2-3-14-18(19(22)17-12-8-5-9-13-17)20(23)21-15-16-10-6-4-7-11-16/h4-13,18H,2-3,14-15H2,1H3,(H,21,23). The topological polar surface area (TPSA) is 46.2 Å². The summed E-state index contributed by atoms with van der Waals surface area (Å²) in [6, 6.07) is 18.8. The Balaban J connectivity index is 2.04. The lowest BCUT2D eigenvalue weighted by Gasteiger charge is -2.16. The van der Waals surface area contributed by atoms with Crippen molar-refractivity contribution in [3.8, 4) is 0 Å². The first-order chi connectivity index (χ1) is 11.2. The van der Waals surface area contributed by atoms with Crippen molar-refractivity contribution < 1.29 is 9.59 Å². The predicted molar refractivity (Wildman–Crippen MR) is 92.1 cm³/mol. The molecule has 3 nitrogen and oxygen atoms in total. The maximum absolute atomic E-state index is 12.6. The van der Waals surface area contributed by atoms with Crippen LogP contribution in [-0.4, -0.2) is 11.7 Å². The van der Waals surface area contributed by atoms with E-state index in [9.17, 15) is 9.59 Å². The molecule has 2 rings (SSSR count). The van der Waals surface area contributed by atoms with Crippen LogP contribution in [0.25, 0.3) is 0 Å². The number of amides is 1. The van der Waals surface area contributed by atoms with E-state index in [1.54, 1.807) is 12.1 Å². The smallest absolute Gasteiger partial charge is 0.231 e. The summed E-state index contributed by atoms with van der Waals surface area (Å²) in [7, 11) is 0. The van der Waals surface area contributed by atoms with Crippen LogP contribution >= 0.6 is 0 Å². The summed E-state index contributed by atoms with van der Waals surface area (Å²) < 4.78 is 0. The number of unbranched alkanes of at least 4 members (excludes halogenated alkanes) is 1. The Morgan fingerprint density at radius 2 is 1.57 bits per heavy atom. The highest BCUT2D eigenvalue weighted by Gasteiger charge is 2.26. The van der Waals surface area contributed by atoms with E-state index in [0.29, 0.717) is 18.5 Å². The molecular weight excluding hydrogens is 286 g/mol. The average molecular weight is 309 g/mol. The van der Waals surface area contributed by atoms with E-state index in [1.807, 2.05) is 48.5 Å². The van der Waals surface area contributed by atoms with Crippen LogP contribution in [-0.2, 0) is 11.3 Å². The zero-order chi connectivity index (χ0) is 16.5. The Morgan fingerprint density at radius 3 is 2.17 bits per heavy atom. The average Bonchev–Trinajstić information content (AvgIpc) is 2.61. The van der Waals surface area contributed by atoms with Crippen molar-refractivity contribution in [2.24, 2.45) is 5.92 Å². The Bertz CT molecular complexity index is 623. The zero-order valence-corrected chi connectivity index (χ0v) is 13.5. The molecule has 1 atom stereocenters. The van der Waals surface area contributed by atoms with E-state index in [2.05, 4.69) is 12.2 Å². The number of ketones is 1. The van der Waals surface area contributed by atoms with Gasteiger partial charge < -0.3 is 5.32 Å². The van der Waals surface area contributed by atoms with Gasteiger partial charge in [0.05, 0.1) is 0 Å². The molecule has 0 saturated carbocycles. The molecule has 0 fully saturated rings. The maximum Gasteiger partial charge on any atom is 0.231 e. The number of carbonyl (C=O) groups is 2. The van der Waals surface area contributed by atoms with E-state index >= 15 is 0 Å². The van der Waals surface area contributed by atoms with Gasteiger partial charge in [0.25, 0.3) is 0 Å². The highest BCUT2D eigenvalue weighted by molar-refractivity contribution is 6.10. The lowest BCUT2D eigenvalue weighted by molar-refractivity contribution is -0.123. The maximum atomic E-state index is 12.6. The van der Waals surface area contributed by atoms with Gasteiger partial charge in [-0.1, -0.05) is 80.4 Å². The quantitative estimate of drug-likeness (QED) is 0.592. The van der Waals surface area contributed by atoms with Crippen molar-refractivity contribution in [2.75, 3.05) is 0 Å². The Kier molecular flexibility index (Phi) is 6.55. The van der Waals surface area contributed by atoms with Gasteiger partial charge in [-0.05, 0) is 12.0 Å². The molecule has 3 heteroatoms. The largest absolute Gasteiger partial charge is 0.351 e. The molecule has 120 valence electrons. The second kappa shape index (κ2) is 8.89. The minimum Gasteiger partial charge on any atom is -0.351 e. The number of nitrogens with one attached hydrogen (secondary N) is 1. The first kappa shape index (κ1) is 16.9. The molecule has 0 bridgehead atoms. The highest BCUT2D eigenvalue weighted by atomic mass is 16.2. The van der Waals surface area contributed by atoms with Crippen LogP contribution in [0.2, 0.25) is 0 Å². The van der Waals surface area contributed by atoms with Gasteiger partial charge in [-0.2, -0.15) is 0 Å². The number of hydrogen-bond donors (Lipinski definition) is 1. The summed E-state index contributed by atoms with van der Waals surface area (Å²) in [5.74, 6) is -0.887. The summed E-state index contributed by atoms with van der Waals surface area (Å²) >= 11 is 0. The molecule has 23 heavy (non-hydrogen) atoms. The third-order valence-corrected chi connectivity index (χ3v) is 3.85. The second-order valence-corrected chi connectivity index (χ2v) is 5.63. The number of benzene rings is 2. The van der Waals surface area contributed by atoms with Crippen molar-refractivity contribution in [3.05, 3.63) is 71.8 Å². The normalized spacial score (nSPS) is 11.7. The molecule has 0 radical (unpaired) electrons. The van der Waals surface area contributed by atoms with Gasteiger partial charge in [-0.25, -0.2) is 0 Å². The molecule has 0 aliphatic rings. The minimum atomic E-state index is -0.610. The van der Waals surface area contributed by atoms with Crippen molar-refractivity contribution in [2.45, 2.75) is 32.7 Å². The van der Waals surface area contributed by atoms with Crippen LogP contribution in [0.3, 0.4) is 0 Å². The van der Waals surface area contributed by atoms with Gasteiger partial charge in [0.1, 0.15) is 5.92 Å². The fraction of sp³-hybridized carbons (Fsp3) is 0.300. The van der Waals surface area contributed by atoms with Crippen LogP contribution in [0.5, 0.6) is 0 Å². The fourth-order valence-electron chi connectivity index (χ4n) is 2.50. The lowest BCUT2D eigenvalue weighted by Crippen LogP contribution is -2.35. The second-order valence-electron chi connectivity index (χ2n) is 5.63. The number of Topliss-reactive ketones (excluding diaryl/α,β-unsaturated/α-hetero) is 1. The number of rotatable bonds is 8. The van der Waals surface area contributed by atoms with Crippen LogP contribution in [0.4, 0.5) is 0 Å². The molecule has 0 aliphatic heterocycles. The van der Waals surface area contributed by atoms with E-state index in [-0.39, 0.29) is 11.7 Å². The molecule has 1 unspecified atom stereocenters. The molecular formula is C20H23NO2. The summed E-state index contributed by atoms with van der Waals surface area (Å²) in [6.07, 6.45) is 2.41. The fourth-order valence-corrected chi connectivity index (χ4v) is 2.50. The molecule has 2 aromatic carbocycles. The van der Waals surface area contributed by atoms with Gasteiger partial charge in [0, 0.05) is 12.1 Å². The first-order valence-electron chi connectivity index (χ1n) is 8.13. The van der Waals surface area contributed by atoms with Crippen molar-refractivity contribution >= 4 is 11.7 Å². The number of carbonyl (C=O) groups excluding carboxylic acids is 2. The molecule has 2 aromatic rings. The predicted octanol–water partition coefficient (Wildman–Crippen LogP) is 3.99. The molecule has 0 heterocycles. The third-order valence-electron chi connectivity index (χ3n) is 3.85. The summed E-state index contributed by atoms with van der Waals surface area (Å²) in [6.45, 7) is 2.51. The van der Waals surface area contributed by atoms with Crippen LogP contribution in [0, 0.1) is 5.92 Å². The van der Waals surface area contributed by atoms with Crippen molar-refractivity contribution in [1.82, 2.24) is 5.32 Å². The van der Waals surface area contributed by atoms with E-state index in [1.165, 1.54) is 0 Å². The van der Waals surface area contributed by atoms with Gasteiger partial charge in [-0.3, -0.25) is 9.59 Å². The van der Waals surface area contributed by atoms with Crippen LogP contribution < -0.4 is 5.32 Å². The van der Waals surface area contributed by atoms with Crippen LogP contribution in [0.1, 0.15) is 42.1 Å². The van der Waals surface area contributed by atoms with Crippen molar-refractivity contribution in [1.29, 1.82) is 0 Å². The Hall–Kier alpha value is -2.42. The van der Waals surface area contributed by atoms with Gasteiger partial charge >= 0.3 is 0 Å². The number of hydrogen-bond acceptors (Lipinski definition) is 2. The summed E-state index contributed by atoms with van der Waals surface area (Å²) in [4.78, 5) is 25.1. The van der Waals surface area contributed by atoms with Gasteiger partial charge in [-0.15, -0.1) is 0 Å². The summed E-state index contributed by atoms with van der Waals surface area (Å²) in [5.41, 5.74) is 1.63. The molecule has 0 aliphatic carbocycles. The van der Waals surface area contributed by atoms with Gasteiger partial charge in [0.15, 0.2) is 5.78 Å². The molecule has 1 N–H and O–H groups in total. The Morgan fingerprint density at radius 1 is 0.957 bits per heavy atom. The van der Waals surface area contributed by atoms with E-state index in [4.69, 9.17) is 0 Å². The highest BCUT2D eigenvalue weighted by Crippen LogP contribution is 2.16. The van der Waals surface area contributed by atoms with E-state index < -0.39 is 5.92 Å². The SMILES string of the molecule is CCCCC(C(=O)NCc1ccccc1)C(=O)c1ccccc1. The molecule has 0 saturated heterocycles. The molecule has 0 spiro atoms.